The summed E-state index contributed by atoms with van der Waals surface area (Å²) in [7, 11) is 0. The molecule has 0 atom stereocenters. The van der Waals surface area contributed by atoms with Crippen LogP contribution in [0.3, 0.4) is 0 Å². The lowest BCUT2D eigenvalue weighted by Gasteiger charge is -2.15. The molecule has 1 aromatic carbocycles. The van der Waals surface area contributed by atoms with Gasteiger partial charge in [0.1, 0.15) is 17.1 Å². The van der Waals surface area contributed by atoms with Gasteiger partial charge in [0.2, 0.25) is 11.6 Å². The first-order valence-electron chi connectivity index (χ1n) is 6.48. The van der Waals surface area contributed by atoms with E-state index in [1.807, 2.05) is 19.1 Å². The average Bonchev–Trinajstić information content (AvgIpc) is 2.51. The van der Waals surface area contributed by atoms with Crippen LogP contribution in [0.5, 0.6) is 0 Å². The van der Waals surface area contributed by atoms with Gasteiger partial charge in [0.15, 0.2) is 0 Å². The maximum Gasteiger partial charge on any atom is 0.232 e. The Labute approximate surface area is 119 Å². The third-order valence-electron chi connectivity index (χ3n) is 3.52. The van der Waals surface area contributed by atoms with Crippen LogP contribution < -0.4 is 0 Å². The largest absolute Gasteiger partial charge is 0.287 e. The average molecular weight is 275 g/mol. The van der Waals surface area contributed by atoms with Crippen molar-refractivity contribution in [2.24, 2.45) is 0 Å². The number of aryl methyl sites for hydroxylation is 1. The van der Waals surface area contributed by atoms with Crippen molar-refractivity contribution in [3.8, 4) is 0 Å². The van der Waals surface area contributed by atoms with Crippen molar-refractivity contribution in [3.63, 3.8) is 0 Å². The minimum Gasteiger partial charge on any atom is -0.287 e. The summed E-state index contributed by atoms with van der Waals surface area (Å²) in [5, 5.41) is 0. The van der Waals surface area contributed by atoms with E-state index in [4.69, 9.17) is 0 Å². The maximum atomic E-state index is 12.5. The Morgan fingerprint density at radius 1 is 0.857 bits per heavy atom. The zero-order valence-corrected chi connectivity index (χ0v) is 11.1. The standard InChI is InChI=1S/C16H9N3O2/c1-8-4-5-10-11(7-8)19-14-13(18-10)15(20)9-3-2-6-17-12(9)16(14)21/h2-7H,1H3. The number of nitrogens with zero attached hydrogens (tertiary/aromatic N) is 3. The lowest BCUT2D eigenvalue weighted by molar-refractivity contribution is 0.0968. The van der Waals surface area contributed by atoms with Crippen LogP contribution in [0.2, 0.25) is 0 Å². The number of hydrogen-bond donors (Lipinski definition) is 0. The first-order chi connectivity index (χ1) is 10.1. The Kier molecular flexibility index (Phi) is 2.27. The van der Waals surface area contributed by atoms with Gasteiger partial charge in [-0.1, -0.05) is 6.07 Å². The van der Waals surface area contributed by atoms with E-state index < -0.39 is 0 Å². The molecule has 0 fully saturated rings. The smallest absolute Gasteiger partial charge is 0.232 e. The summed E-state index contributed by atoms with van der Waals surface area (Å²) in [6, 6.07) is 8.76. The van der Waals surface area contributed by atoms with Crippen LogP contribution in [0, 0.1) is 6.92 Å². The molecule has 1 aliphatic rings. The van der Waals surface area contributed by atoms with Crippen LogP contribution in [0.4, 0.5) is 0 Å². The molecule has 0 spiro atoms. The molecule has 0 amide bonds. The number of aromatic nitrogens is 3. The number of pyridine rings is 1. The van der Waals surface area contributed by atoms with Crippen molar-refractivity contribution in [2.45, 2.75) is 6.92 Å². The number of carbonyl (C=O) groups excluding carboxylic acids is 2. The molecule has 1 aliphatic carbocycles. The normalized spacial score (nSPS) is 13.2. The van der Waals surface area contributed by atoms with Crippen LogP contribution >= 0.6 is 0 Å². The topological polar surface area (TPSA) is 72.8 Å². The molecule has 21 heavy (non-hydrogen) atoms. The predicted octanol–water partition coefficient (Wildman–Crippen LogP) is 2.11. The van der Waals surface area contributed by atoms with Gasteiger partial charge in [-0.25, -0.2) is 9.97 Å². The Morgan fingerprint density at radius 3 is 2.48 bits per heavy atom. The zero-order valence-electron chi connectivity index (χ0n) is 11.1. The first-order valence-corrected chi connectivity index (χ1v) is 6.48. The summed E-state index contributed by atoms with van der Waals surface area (Å²) in [5.41, 5.74) is 2.86. The van der Waals surface area contributed by atoms with E-state index in [2.05, 4.69) is 15.0 Å². The lowest BCUT2D eigenvalue weighted by atomic mass is 9.93. The molecule has 0 aliphatic heterocycles. The molecule has 2 aromatic heterocycles. The van der Waals surface area contributed by atoms with Gasteiger partial charge in [0, 0.05) is 6.20 Å². The summed E-state index contributed by atoms with van der Waals surface area (Å²) >= 11 is 0. The van der Waals surface area contributed by atoms with Gasteiger partial charge in [-0.2, -0.15) is 0 Å². The molecule has 5 nitrogen and oxygen atoms in total. The quantitative estimate of drug-likeness (QED) is 0.491. The molecule has 0 unspecified atom stereocenters. The number of fused-ring (bicyclic) bond motifs is 3. The summed E-state index contributed by atoms with van der Waals surface area (Å²) in [5.74, 6) is -0.654. The van der Waals surface area contributed by atoms with Gasteiger partial charge < -0.3 is 0 Å². The summed E-state index contributed by atoms with van der Waals surface area (Å²) in [6.45, 7) is 1.93. The number of carbonyl (C=O) groups is 2. The van der Waals surface area contributed by atoms with Crippen molar-refractivity contribution < 1.29 is 9.59 Å². The number of ketones is 2. The van der Waals surface area contributed by atoms with Gasteiger partial charge in [0.05, 0.1) is 16.6 Å². The lowest BCUT2D eigenvalue weighted by Crippen LogP contribution is -2.25. The fourth-order valence-corrected chi connectivity index (χ4v) is 2.49. The van der Waals surface area contributed by atoms with Gasteiger partial charge >= 0.3 is 0 Å². The number of hydrogen-bond acceptors (Lipinski definition) is 5. The van der Waals surface area contributed by atoms with Crippen LogP contribution in [0.25, 0.3) is 11.0 Å². The molecule has 0 N–H and O–H groups in total. The van der Waals surface area contributed by atoms with Crippen molar-refractivity contribution in [1.29, 1.82) is 0 Å². The molecule has 4 rings (SSSR count). The van der Waals surface area contributed by atoms with Crippen LogP contribution in [-0.2, 0) is 0 Å². The molecule has 2 heterocycles. The molecule has 0 saturated heterocycles. The van der Waals surface area contributed by atoms with Gasteiger partial charge in [-0.3, -0.25) is 14.6 Å². The van der Waals surface area contributed by atoms with Gasteiger partial charge in [0.25, 0.3) is 0 Å². The SMILES string of the molecule is Cc1ccc2nc3c(nc2c1)C(=O)c1ncccc1C3=O. The van der Waals surface area contributed by atoms with Crippen LogP contribution in [0.15, 0.2) is 36.5 Å². The Bertz CT molecular complexity index is 947. The molecule has 0 radical (unpaired) electrons. The highest BCUT2D eigenvalue weighted by Gasteiger charge is 2.33. The monoisotopic (exact) mass is 275 g/mol. The summed E-state index contributed by atoms with van der Waals surface area (Å²) in [4.78, 5) is 37.6. The fourth-order valence-electron chi connectivity index (χ4n) is 2.49. The van der Waals surface area contributed by atoms with Crippen LogP contribution in [-0.4, -0.2) is 26.5 Å². The van der Waals surface area contributed by atoms with E-state index in [9.17, 15) is 9.59 Å². The van der Waals surface area contributed by atoms with Crippen molar-refractivity contribution in [1.82, 2.24) is 15.0 Å². The maximum absolute atomic E-state index is 12.5. The second-order valence-electron chi connectivity index (χ2n) is 4.97. The molecule has 100 valence electrons. The second-order valence-corrected chi connectivity index (χ2v) is 4.97. The van der Waals surface area contributed by atoms with Crippen molar-refractivity contribution >= 4 is 22.6 Å². The molecule has 0 bridgehead atoms. The number of benzene rings is 1. The molecule has 0 saturated carbocycles. The summed E-state index contributed by atoms with van der Waals surface area (Å²) < 4.78 is 0. The summed E-state index contributed by atoms with van der Waals surface area (Å²) in [6.07, 6.45) is 1.49. The van der Waals surface area contributed by atoms with E-state index in [1.54, 1.807) is 18.2 Å². The van der Waals surface area contributed by atoms with E-state index >= 15 is 0 Å². The highest BCUT2D eigenvalue weighted by Crippen LogP contribution is 2.25. The minimum atomic E-state index is -0.351. The van der Waals surface area contributed by atoms with E-state index in [0.29, 0.717) is 11.0 Å². The Morgan fingerprint density at radius 2 is 1.62 bits per heavy atom. The Hall–Kier alpha value is -2.95. The second kappa shape index (κ2) is 4.02. The number of rotatable bonds is 0. The molecular weight excluding hydrogens is 266 g/mol. The fraction of sp³-hybridized carbons (Fsp3) is 0.0625. The molecular formula is C16H9N3O2. The van der Waals surface area contributed by atoms with E-state index in [-0.39, 0.29) is 34.2 Å². The molecule has 3 aromatic rings. The van der Waals surface area contributed by atoms with Crippen LogP contribution in [0.1, 0.15) is 37.8 Å². The van der Waals surface area contributed by atoms with E-state index in [0.717, 1.165) is 5.56 Å². The Balaban J connectivity index is 2.06. The third-order valence-corrected chi connectivity index (χ3v) is 3.52. The predicted molar refractivity (Wildman–Crippen MR) is 75.4 cm³/mol. The highest BCUT2D eigenvalue weighted by atomic mass is 16.1. The van der Waals surface area contributed by atoms with Crippen molar-refractivity contribution in [3.05, 3.63) is 64.7 Å². The van der Waals surface area contributed by atoms with Crippen molar-refractivity contribution in [2.75, 3.05) is 0 Å². The van der Waals surface area contributed by atoms with E-state index in [1.165, 1.54) is 6.20 Å². The molecule has 5 heteroatoms. The first kappa shape index (κ1) is 11.8. The minimum absolute atomic E-state index is 0.0873. The highest BCUT2D eigenvalue weighted by molar-refractivity contribution is 6.26. The van der Waals surface area contributed by atoms with Gasteiger partial charge in [-0.05, 0) is 36.8 Å². The zero-order chi connectivity index (χ0) is 14.6. The van der Waals surface area contributed by atoms with Gasteiger partial charge in [-0.15, -0.1) is 0 Å². The third kappa shape index (κ3) is 1.61.